The van der Waals surface area contributed by atoms with Gasteiger partial charge >= 0.3 is 0 Å². The lowest BCUT2D eigenvalue weighted by Crippen LogP contribution is -2.40. The number of tetrazole rings is 1. The lowest BCUT2D eigenvalue weighted by molar-refractivity contribution is -0.113. The average Bonchev–Trinajstić information content (AvgIpc) is 3.48. The summed E-state index contributed by atoms with van der Waals surface area (Å²) in [5, 5.41) is 17.3. The first-order valence-corrected chi connectivity index (χ1v) is 11.8. The molecule has 156 valence electrons. The minimum absolute atomic E-state index is 0.128. The molecule has 1 aliphatic heterocycles. The van der Waals surface area contributed by atoms with E-state index in [4.69, 9.17) is 9.47 Å². The van der Waals surface area contributed by atoms with Crippen molar-refractivity contribution < 1.29 is 14.3 Å². The fourth-order valence-electron chi connectivity index (χ4n) is 3.74. The molecule has 3 aromatic rings. The first-order valence-electron chi connectivity index (χ1n) is 9.92. The maximum absolute atomic E-state index is 12.5. The second kappa shape index (κ2) is 8.27. The number of hydrogen-bond donors (Lipinski definition) is 1. The smallest absolute Gasteiger partial charge is 0.251 e. The predicted molar refractivity (Wildman–Crippen MR) is 114 cm³/mol. The number of amides is 1. The number of thiophene rings is 1. The van der Waals surface area contributed by atoms with Crippen molar-refractivity contribution in [3.63, 3.8) is 0 Å². The zero-order chi connectivity index (χ0) is 20.4. The fraction of sp³-hybridized carbons (Fsp3) is 0.400. The van der Waals surface area contributed by atoms with Crippen molar-refractivity contribution in [2.24, 2.45) is 0 Å². The van der Waals surface area contributed by atoms with E-state index in [1.807, 2.05) is 35.7 Å². The van der Waals surface area contributed by atoms with Gasteiger partial charge in [0.25, 0.3) is 5.79 Å². The number of hydrogen-bond acceptors (Lipinski definition) is 8. The molecule has 2 aliphatic rings. The Bertz CT molecular complexity index is 1030. The van der Waals surface area contributed by atoms with Crippen LogP contribution in [0.15, 0.2) is 40.9 Å². The molecule has 0 atom stereocenters. The first-order chi connectivity index (χ1) is 14.7. The van der Waals surface area contributed by atoms with Crippen LogP contribution in [-0.2, 0) is 11.3 Å². The maximum atomic E-state index is 12.5. The Morgan fingerprint density at radius 1 is 1.20 bits per heavy atom. The molecule has 1 N–H and O–H groups in total. The van der Waals surface area contributed by atoms with Crippen LogP contribution in [-0.4, -0.2) is 37.7 Å². The van der Waals surface area contributed by atoms with E-state index in [0.717, 1.165) is 36.3 Å². The molecule has 0 unspecified atom stereocenters. The molecule has 1 amide bonds. The van der Waals surface area contributed by atoms with E-state index in [0.29, 0.717) is 23.1 Å². The normalized spacial score (nSPS) is 16.7. The number of carbonyl (C=O) groups excluding carboxylic acids is 1. The third-order valence-corrected chi connectivity index (χ3v) is 6.97. The van der Waals surface area contributed by atoms with Gasteiger partial charge < -0.3 is 14.8 Å². The molecule has 1 fully saturated rings. The summed E-state index contributed by atoms with van der Waals surface area (Å²) in [7, 11) is 0. The van der Waals surface area contributed by atoms with Gasteiger partial charge in [-0.1, -0.05) is 24.2 Å². The topological polar surface area (TPSA) is 91.2 Å². The van der Waals surface area contributed by atoms with Gasteiger partial charge in [0.05, 0.1) is 12.3 Å². The van der Waals surface area contributed by atoms with Crippen LogP contribution in [0, 0.1) is 0 Å². The molecule has 0 bridgehead atoms. The highest BCUT2D eigenvalue weighted by atomic mass is 32.2. The number of nitrogens with zero attached hydrogens (tertiary/aromatic N) is 4. The number of fused-ring (bicyclic) bond motifs is 1. The van der Waals surface area contributed by atoms with E-state index in [1.54, 1.807) is 16.0 Å². The SMILES string of the molecule is O=C(CSc1nnnn1Cc1cccs1)Nc1ccc2c(c1)OC1(CCCCC1)O2. The van der Waals surface area contributed by atoms with Crippen LogP contribution in [0.4, 0.5) is 5.69 Å². The number of carbonyl (C=O) groups is 1. The average molecular weight is 444 g/mol. The molecule has 3 heterocycles. The highest BCUT2D eigenvalue weighted by molar-refractivity contribution is 7.99. The predicted octanol–water partition coefficient (Wildman–Crippen LogP) is 3.95. The van der Waals surface area contributed by atoms with Crippen molar-refractivity contribution in [3.05, 3.63) is 40.6 Å². The number of thioether (sulfide) groups is 1. The second-order valence-electron chi connectivity index (χ2n) is 7.37. The summed E-state index contributed by atoms with van der Waals surface area (Å²) < 4.78 is 13.9. The first kappa shape index (κ1) is 19.4. The third kappa shape index (κ3) is 4.15. The molecule has 30 heavy (non-hydrogen) atoms. The van der Waals surface area contributed by atoms with E-state index in [1.165, 1.54) is 18.2 Å². The fourth-order valence-corrected chi connectivity index (χ4v) is 5.11. The van der Waals surface area contributed by atoms with E-state index in [-0.39, 0.29) is 11.7 Å². The van der Waals surface area contributed by atoms with Crippen LogP contribution >= 0.6 is 23.1 Å². The molecule has 1 spiro atoms. The van der Waals surface area contributed by atoms with Gasteiger partial charge in [-0.3, -0.25) is 4.79 Å². The highest BCUT2D eigenvalue weighted by Crippen LogP contribution is 2.46. The summed E-state index contributed by atoms with van der Waals surface area (Å²) in [6, 6.07) is 9.56. The highest BCUT2D eigenvalue weighted by Gasteiger charge is 2.42. The standard InChI is InChI=1S/C20H21N5O3S2/c26-18(13-30-19-22-23-24-25(19)12-15-5-4-10-29-15)21-14-6-7-16-17(11-14)28-20(27-16)8-2-1-3-9-20/h4-7,10-11H,1-3,8-9,12-13H2,(H,21,26). The molecule has 1 aromatic carbocycles. The molecular formula is C20H21N5O3S2. The quantitative estimate of drug-likeness (QED) is 0.577. The van der Waals surface area contributed by atoms with E-state index < -0.39 is 5.79 Å². The molecule has 1 aliphatic carbocycles. The Morgan fingerprint density at radius 3 is 2.90 bits per heavy atom. The largest absolute Gasteiger partial charge is 0.448 e. The van der Waals surface area contributed by atoms with Crippen LogP contribution in [0.2, 0.25) is 0 Å². The van der Waals surface area contributed by atoms with Gasteiger partial charge in [0, 0.05) is 29.5 Å². The summed E-state index contributed by atoms with van der Waals surface area (Å²) in [6.45, 7) is 0.596. The van der Waals surface area contributed by atoms with Crippen molar-refractivity contribution in [3.8, 4) is 11.5 Å². The van der Waals surface area contributed by atoms with Gasteiger partial charge in [-0.05, 0) is 46.8 Å². The zero-order valence-electron chi connectivity index (χ0n) is 16.2. The Morgan fingerprint density at radius 2 is 2.07 bits per heavy atom. The molecule has 0 saturated heterocycles. The molecular weight excluding hydrogens is 422 g/mol. The second-order valence-corrected chi connectivity index (χ2v) is 9.35. The van der Waals surface area contributed by atoms with Crippen molar-refractivity contribution in [1.29, 1.82) is 0 Å². The van der Waals surface area contributed by atoms with Gasteiger partial charge in [0.2, 0.25) is 11.1 Å². The molecule has 0 radical (unpaired) electrons. The molecule has 5 rings (SSSR count). The van der Waals surface area contributed by atoms with Crippen molar-refractivity contribution in [1.82, 2.24) is 20.2 Å². The Hall–Kier alpha value is -2.59. The van der Waals surface area contributed by atoms with Gasteiger partial charge in [-0.15, -0.1) is 16.4 Å². The number of rotatable bonds is 6. The lowest BCUT2D eigenvalue weighted by Gasteiger charge is -2.31. The van der Waals surface area contributed by atoms with Crippen LogP contribution < -0.4 is 14.8 Å². The van der Waals surface area contributed by atoms with Crippen LogP contribution in [0.25, 0.3) is 0 Å². The third-order valence-electron chi connectivity index (χ3n) is 5.15. The summed E-state index contributed by atoms with van der Waals surface area (Å²) in [5.41, 5.74) is 0.689. The van der Waals surface area contributed by atoms with Crippen LogP contribution in [0.5, 0.6) is 11.5 Å². The number of anilines is 1. The van der Waals surface area contributed by atoms with Crippen LogP contribution in [0.3, 0.4) is 0 Å². The van der Waals surface area contributed by atoms with E-state index in [9.17, 15) is 4.79 Å². The Labute approximate surface area is 182 Å². The number of ether oxygens (including phenoxy) is 2. The van der Waals surface area contributed by atoms with Crippen LogP contribution in [0.1, 0.15) is 37.0 Å². The van der Waals surface area contributed by atoms with Crippen molar-refractivity contribution in [2.75, 3.05) is 11.1 Å². The summed E-state index contributed by atoms with van der Waals surface area (Å²) >= 11 is 2.96. The number of nitrogens with one attached hydrogen (secondary N) is 1. The van der Waals surface area contributed by atoms with E-state index in [2.05, 4.69) is 20.8 Å². The van der Waals surface area contributed by atoms with Crippen molar-refractivity contribution in [2.45, 2.75) is 49.6 Å². The minimum atomic E-state index is -0.515. The van der Waals surface area contributed by atoms with Gasteiger partial charge in [-0.25, -0.2) is 4.68 Å². The van der Waals surface area contributed by atoms with Gasteiger partial charge in [-0.2, -0.15) is 0 Å². The summed E-state index contributed by atoms with van der Waals surface area (Å²) in [5.74, 6) is 1.01. The molecule has 1 saturated carbocycles. The summed E-state index contributed by atoms with van der Waals surface area (Å²) in [4.78, 5) is 13.6. The lowest BCUT2D eigenvalue weighted by atomic mass is 9.94. The van der Waals surface area contributed by atoms with E-state index >= 15 is 0 Å². The molecule has 10 heteroatoms. The summed E-state index contributed by atoms with van der Waals surface area (Å²) in [6.07, 6.45) is 5.25. The van der Waals surface area contributed by atoms with Gasteiger partial charge in [0.15, 0.2) is 11.5 Å². The van der Waals surface area contributed by atoms with Gasteiger partial charge in [0.1, 0.15) is 0 Å². The Kier molecular flexibility index (Phi) is 5.34. The Balaban J connectivity index is 1.18. The monoisotopic (exact) mass is 443 g/mol. The van der Waals surface area contributed by atoms with Crippen molar-refractivity contribution >= 4 is 34.7 Å². The zero-order valence-corrected chi connectivity index (χ0v) is 17.9. The maximum Gasteiger partial charge on any atom is 0.251 e. The number of aromatic nitrogens is 4. The minimum Gasteiger partial charge on any atom is -0.448 e. The number of benzene rings is 1. The molecule has 8 nitrogen and oxygen atoms in total. The molecule has 2 aromatic heterocycles.